The molecule has 0 aliphatic carbocycles. The lowest BCUT2D eigenvalue weighted by Gasteiger charge is -2.31. The van der Waals surface area contributed by atoms with E-state index in [9.17, 15) is 9.59 Å². The summed E-state index contributed by atoms with van der Waals surface area (Å²) in [4.78, 5) is 29.2. The zero-order chi connectivity index (χ0) is 15.8. The van der Waals surface area contributed by atoms with Crippen molar-refractivity contribution in [1.82, 2.24) is 15.1 Å². The minimum Gasteiger partial charge on any atom is -1.00 e. The summed E-state index contributed by atoms with van der Waals surface area (Å²) >= 11 is 0. The molecule has 0 atom stereocenters. The summed E-state index contributed by atoms with van der Waals surface area (Å²) in [5.74, 6) is -0.344. The Bertz CT molecular complexity index is 736. The molecule has 1 N–H and O–H groups in total. The Kier molecular flexibility index (Phi) is 4.85. The van der Waals surface area contributed by atoms with E-state index in [1.54, 1.807) is 0 Å². The van der Waals surface area contributed by atoms with Crippen LogP contribution in [0.15, 0.2) is 36.4 Å². The molecule has 2 heterocycles. The van der Waals surface area contributed by atoms with Crippen molar-refractivity contribution < 1.29 is 22.0 Å². The largest absolute Gasteiger partial charge is 1.00 e. The van der Waals surface area contributed by atoms with E-state index in [-0.39, 0.29) is 24.2 Å². The van der Waals surface area contributed by atoms with Gasteiger partial charge in [-0.25, -0.2) is 0 Å². The summed E-state index contributed by atoms with van der Waals surface area (Å²) < 4.78 is 0. The average molecular weight is 345 g/mol. The molecular formula is C18H19ClN3O2-. The van der Waals surface area contributed by atoms with Gasteiger partial charge in [-0.05, 0) is 17.5 Å². The van der Waals surface area contributed by atoms with Crippen molar-refractivity contribution >= 4 is 22.6 Å². The van der Waals surface area contributed by atoms with Crippen molar-refractivity contribution in [2.75, 3.05) is 39.3 Å². The first-order chi connectivity index (χ1) is 11.3. The highest BCUT2D eigenvalue weighted by molar-refractivity contribution is 6.25. The SMILES string of the molecule is O=C1c2cccc3cccc(c23)C(=O)N1CCN1CCNCC1.[Cl-]. The van der Waals surface area contributed by atoms with Gasteiger partial charge < -0.3 is 17.7 Å². The lowest BCUT2D eigenvalue weighted by Crippen LogP contribution is -3.00. The quantitative estimate of drug-likeness (QED) is 0.678. The van der Waals surface area contributed by atoms with Crippen LogP contribution in [0.2, 0.25) is 0 Å². The topological polar surface area (TPSA) is 52.7 Å². The average Bonchev–Trinajstić information content (AvgIpc) is 2.60. The minimum absolute atomic E-state index is 0. The maximum absolute atomic E-state index is 12.8. The zero-order valence-corrected chi connectivity index (χ0v) is 14.1. The Morgan fingerprint density at radius 1 is 0.875 bits per heavy atom. The summed E-state index contributed by atoms with van der Waals surface area (Å²) in [5.41, 5.74) is 1.27. The van der Waals surface area contributed by atoms with Crippen LogP contribution in [0, 0.1) is 0 Å². The predicted octanol–water partition coefficient (Wildman–Crippen LogP) is -1.65. The number of halogens is 1. The predicted molar refractivity (Wildman–Crippen MR) is 88.6 cm³/mol. The molecule has 126 valence electrons. The molecule has 0 aromatic heterocycles. The van der Waals surface area contributed by atoms with Crippen molar-refractivity contribution in [3.63, 3.8) is 0 Å². The van der Waals surface area contributed by atoms with Gasteiger partial charge in [-0.3, -0.25) is 19.4 Å². The number of hydrogen-bond acceptors (Lipinski definition) is 4. The van der Waals surface area contributed by atoms with Crippen molar-refractivity contribution in [2.24, 2.45) is 0 Å². The maximum atomic E-state index is 12.8. The number of piperazine rings is 1. The van der Waals surface area contributed by atoms with Crippen molar-refractivity contribution in [3.8, 4) is 0 Å². The molecule has 0 bridgehead atoms. The number of benzene rings is 2. The van der Waals surface area contributed by atoms with Gasteiger partial charge in [0.15, 0.2) is 0 Å². The molecule has 2 amide bonds. The van der Waals surface area contributed by atoms with Crippen LogP contribution >= 0.6 is 0 Å². The molecule has 5 nitrogen and oxygen atoms in total. The number of hydrogen-bond donors (Lipinski definition) is 1. The molecule has 2 aliphatic rings. The normalized spacial score (nSPS) is 17.9. The highest BCUT2D eigenvalue weighted by Gasteiger charge is 2.32. The molecule has 0 unspecified atom stereocenters. The fourth-order valence-electron chi connectivity index (χ4n) is 3.46. The molecule has 4 rings (SSSR count). The number of nitrogens with zero attached hydrogens (tertiary/aromatic N) is 2. The van der Waals surface area contributed by atoms with Crippen LogP contribution in [0.3, 0.4) is 0 Å². The van der Waals surface area contributed by atoms with E-state index in [1.807, 2.05) is 36.4 Å². The van der Waals surface area contributed by atoms with Crippen LogP contribution in [0.1, 0.15) is 20.7 Å². The van der Waals surface area contributed by atoms with Gasteiger partial charge >= 0.3 is 0 Å². The smallest absolute Gasteiger partial charge is 0.261 e. The van der Waals surface area contributed by atoms with Gasteiger partial charge in [0.2, 0.25) is 0 Å². The molecule has 1 fully saturated rings. The molecule has 6 heteroatoms. The van der Waals surface area contributed by atoms with Crippen molar-refractivity contribution in [3.05, 3.63) is 47.5 Å². The highest BCUT2D eigenvalue weighted by Crippen LogP contribution is 2.29. The van der Waals surface area contributed by atoms with Gasteiger partial charge in [-0.1, -0.05) is 24.3 Å². The Hall–Kier alpha value is -1.95. The molecular weight excluding hydrogens is 326 g/mol. The molecule has 2 aromatic carbocycles. The first kappa shape index (κ1) is 16.9. The van der Waals surface area contributed by atoms with Crippen LogP contribution in [0.4, 0.5) is 0 Å². The number of imide groups is 1. The minimum atomic E-state index is -0.172. The van der Waals surface area contributed by atoms with Gasteiger partial charge in [-0.15, -0.1) is 0 Å². The first-order valence-electron chi connectivity index (χ1n) is 8.07. The van der Waals surface area contributed by atoms with E-state index >= 15 is 0 Å². The Labute approximate surface area is 147 Å². The summed E-state index contributed by atoms with van der Waals surface area (Å²) in [5, 5.41) is 5.05. The van der Waals surface area contributed by atoms with Crippen LogP contribution < -0.4 is 17.7 Å². The van der Waals surface area contributed by atoms with Gasteiger partial charge in [0.25, 0.3) is 11.8 Å². The lowest BCUT2D eigenvalue weighted by atomic mass is 9.94. The summed E-state index contributed by atoms with van der Waals surface area (Å²) in [6, 6.07) is 11.3. The van der Waals surface area contributed by atoms with Crippen LogP contribution in [0.5, 0.6) is 0 Å². The van der Waals surface area contributed by atoms with Crippen LogP contribution in [-0.2, 0) is 0 Å². The molecule has 0 radical (unpaired) electrons. The molecule has 2 aromatic rings. The molecule has 0 spiro atoms. The van der Waals surface area contributed by atoms with E-state index in [0.717, 1.165) is 43.5 Å². The Morgan fingerprint density at radius 3 is 2.04 bits per heavy atom. The zero-order valence-electron chi connectivity index (χ0n) is 13.3. The second-order valence-corrected chi connectivity index (χ2v) is 6.06. The molecule has 0 saturated carbocycles. The first-order valence-corrected chi connectivity index (χ1v) is 8.07. The van der Waals surface area contributed by atoms with Gasteiger partial charge in [0.1, 0.15) is 0 Å². The van der Waals surface area contributed by atoms with E-state index < -0.39 is 0 Å². The van der Waals surface area contributed by atoms with Gasteiger partial charge in [0, 0.05) is 55.8 Å². The third-order valence-corrected chi connectivity index (χ3v) is 4.71. The second-order valence-electron chi connectivity index (χ2n) is 6.06. The summed E-state index contributed by atoms with van der Waals surface area (Å²) in [6.07, 6.45) is 0. The number of carbonyl (C=O) groups is 2. The number of nitrogens with one attached hydrogen (secondary N) is 1. The van der Waals surface area contributed by atoms with Crippen molar-refractivity contribution in [2.45, 2.75) is 0 Å². The second kappa shape index (κ2) is 6.89. The fraction of sp³-hybridized carbons (Fsp3) is 0.333. The Morgan fingerprint density at radius 2 is 1.46 bits per heavy atom. The van der Waals surface area contributed by atoms with E-state index in [1.165, 1.54) is 4.90 Å². The number of rotatable bonds is 3. The van der Waals surface area contributed by atoms with Crippen molar-refractivity contribution in [1.29, 1.82) is 0 Å². The third-order valence-electron chi connectivity index (χ3n) is 4.71. The third kappa shape index (κ3) is 2.79. The standard InChI is InChI=1S/C18H19N3O2.ClH/c22-17-14-5-1-3-13-4-2-6-15(16(13)14)18(23)21(17)12-11-20-9-7-19-8-10-20;/h1-6,19H,7-12H2;1H/p-1. The molecule has 24 heavy (non-hydrogen) atoms. The molecule has 2 aliphatic heterocycles. The van der Waals surface area contributed by atoms with Crippen LogP contribution in [0.25, 0.3) is 10.8 Å². The summed E-state index contributed by atoms with van der Waals surface area (Å²) in [7, 11) is 0. The maximum Gasteiger partial charge on any atom is 0.261 e. The lowest BCUT2D eigenvalue weighted by molar-refractivity contribution is -0.0000300. The number of carbonyl (C=O) groups excluding carboxylic acids is 2. The highest BCUT2D eigenvalue weighted by atomic mass is 35.5. The van der Waals surface area contributed by atoms with Crippen LogP contribution in [-0.4, -0.2) is 60.9 Å². The monoisotopic (exact) mass is 344 g/mol. The van der Waals surface area contributed by atoms with Gasteiger partial charge in [0.05, 0.1) is 0 Å². The van der Waals surface area contributed by atoms with E-state index in [2.05, 4.69) is 10.2 Å². The van der Waals surface area contributed by atoms with Gasteiger partial charge in [-0.2, -0.15) is 0 Å². The number of amides is 2. The molecule has 1 saturated heterocycles. The fourth-order valence-corrected chi connectivity index (χ4v) is 3.46. The van der Waals surface area contributed by atoms with E-state index in [0.29, 0.717) is 17.7 Å². The Balaban J connectivity index is 0.00000169. The van der Waals surface area contributed by atoms with E-state index in [4.69, 9.17) is 0 Å². The summed E-state index contributed by atoms with van der Waals surface area (Å²) in [6.45, 7) is 5.03.